The highest BCUT2D eigenvalue weighted by Crippen LogP contribution is 2.21. The Labute approximate surface area is 132 Å². The maximum Gasteiger partial charge on any atom is 0.236 e. The van der Waals surface area contributed by atoms with E-state index >= 15 is 0 Å². The Hall–Kier alpha value is -0.940. The molecule has 1 aliphatic heterocycles. The second-order valence-electron chi connectivity index (χ2n) is 6.37. The zero-order chi connectivity index (χ0) is 15.4. The Kier molecular flexibility index (Phi) is 5.76. The van der Waals surface area contributed by atoms with Gasteiger partial charge in [0.05, 0.1) is 17.2 Å². The average Bonchev–Trinajstić information content (AvgIpc) is 2.92. The van der Waals surface area contributed by atoms with Crippen molar-refractivity contribution in [2.45, 2.75) is 46.6 Å². The van der Waals surface area contributed by atoms with Gasteiger partial charge in [-0.25, -0.2) is 4.98 Å². The molecule has 2 rings (SSSR count). The van der Waals surface area contributed by atoms with Crippen LogP contribution in [0.3, 0.4) is 0 Å². The second-order valence-corrected chi connectivity index (χ2v) is 7.31. The summed E-state index contributed by atoms with van der Waals surface area (Å²) in [6.45, 7) is 10.8. The summed E-state index contributed by atoms with van der Waals surface area (Å²) in [4.78, 5) is 18.9. The third-order valence-electron chi connectivity index (χ3n) is 4.10. The third-order valence-corrected chi connectivity index (χ3v) is 5.11. The molecule has 1 fully saturated rings. The Morgan fingerprint density at radius 3 is 2.71 bits per heavy atom. The fraction of sp³-hybridized carbons (Fsp3) is 0.750. The van der Waals surface area contributed by atoms with Crippen LogP contribution in [-0.2, 0) is 11.2 Å². The van der Waals surface area contributed by atoms with Crippen LogP contribution in [0.1, 0.15) is 50.9 Å². The molecule has 0 bridgehead atoms. The molecule has 1 amide bonds. The molecular formula is C16H27N3OS. The monoisotopic (exact) mass is 309 g/mol. The van der Waals surface area contributed by atoms with E-state index in [-0.39, 0.29) is 11.9 Å². The maximum atomic E-state index is 12.3. The van der Waals surface area contributed by atoms with Crippen LogP contribution in [0.15, 0.2) is 5.38 Å². The van der Waals surface area contributed by atoms with Crippen molar-refractivity contribution in [3.05, 3.63) is 16.1 Å². The van der Waals surface area contributed by atoms with Crippen molar-refractivity contribution in [3.8, 4) is 0 Å². The molecule has 1 aliphatic rings. The summed E-state index contributed by atoms with van der Waals surface area (Å²) in [7, 11) is 0. The smallest absolute Gasteiger partial charge is 0.236 e. The van der Waals surface area contributed by atoms with Crippen molar-refractivity contribution >= 4 is 17.2 Å². The van der Waals surface area contributed by atoms with E-state index in [0.717, 1.165) is 30.2 Å². The van der Waals surface area contributed by atoms with Crippen LogP contribution in [0.5, 0.6) is 0 Å². The van der Waals surface area contributed by atoms with Gasteiger partial charge in [-0.1, -0.05) is 20.8 Å². The number of hydrogen-bond donors (Lipinski definition) is 1. The number of hydrogen-bond acceptors (Lipinski definition) is 4. The summed E-state index contributed by atoms with van der Waals surface area (Å²) in [5.41, 5.74) is 1.05. The molecule has 1 aromatic heterocycles. The summed E-state index contributed by atoms with van der Waals surface area (Å²) in [6.07, 6.45) is 2.20. The molecule has 0 radical (unpaired) electrons. The largest absolute Gasteiger partial charge is 0.341 e. The lowest BCUT2D eigenvalue weighted by Crippen LogP contribution is -2.46. The lowest BCUT2D eigenvalue weighted by molar-refractivity contribution is -0.133. The standard InChI is InChI=1S/C16H27N3OS/c1-5-15-18-14(10-21-15)13(4)17-7-16(20)19-8-11(2)6-12(3)9-19/h10-13,17H,5-9H2,1-4H3/t11-,12+,13-/m0/s1. The molecule has 1 N–H and O–H groups in total. The molecule has 0 aromatic carbocycles. The Balaban J connectivity index is 1.83. The zero-order valence-corrected chi connectivity index (χ0v) is 14.4. The van der Waals surface area contributed by atoms with Gasteiger partial charge in [0.25, 0.3) is 0 Å². The molecule has 21 heavy (non-hydrogen) atoms. The van der Waals surface area contributed by atoms with Gasteiger partial charge in [-0.3, -0.25) is 4.79 Å². The van der Waals surface area contributed by atoms with Gasteiger partial charge < -0.3 is 10.2 Å². The van der Waals surface area contributed by atoms with Crippen molar-refractivity contribution in [1.82, 2.24) is 15.2 Å². The van der Waals surface area contributed by atoms with Crippen molar-refractivity contribution in [2.75, 3.05) is 19.6 Å². The van der Waals surface area contributed by atoms with Gasteiger partial charge in [-0.05, 0) is 31.6 Å². The summed E-state index contributed by atoms with van der Waals surface area (Å²) in [6, 6.07) is 0.130. The highest BCUT2D eigenvalue weighted by atomic mass is 32.1. The summed E-state index contributed by atoms with van der Waals surface area (Å²) in [5, 5.41) is 6.56. The summed E-state index contributed by atoms with van der Waals surface area (Å²) >= 11 is 1.69. The van der Waals surface area contributed by atoms with Crippen LogP contribution < -0.4 is 5.32 Å². The van der Waals surface area contributed by atoms with Crippen LogP contribution in [0, 0.1) is 11.8 Å². The fourth-order valence-electron chi connectivity index (χ4n) is 3.01. The van der Waals surface area contributed by atoms with E-state index in [2.05, 4.69) is 43.4 Å². The van der Waals surface area contributed by atoms with E-state index in [1.165, 1.54) is 6.42 Å². The lowest BCUT2D eigenvalue weighted by Gasteiger charge is -2.35. The SMILES string of the molecule is CCc1nc([C@H](C)NCC(=O)N2C[C@H](C)C[C@H](C)C2)cs1. The fourth-order valence-corrected chi connectivity index (χ4v) is 3.85. The minimum atomic E-state index is 0.130. The second kappa shape index (κ2) is 7.36. The van der Waals surface area contributed by atoms with E-state index in [1.54, 1.807) is 11.3 Å². The highest BCUT2D eigenvalue weighted by Gasteiger charge is 2.25. The molecule has 0 saturated carbocycles. The minimum absolute atomic E-state index is 0.130. The number of aryl methyl sites for hydroxylation is 1. The number of amides is 1. The average molecular weight is 309 g/mol. The predicted octanol–water partition coefficient (Wildman–Crippen LogP) is 2.86. The first kappa shape index (κ1) is 16.4. The molecule has 0 aliphatic carbocycles. The van der Waals surface area contributed by atoms with E-state index in [9.17, 15) is 4.79 Å². The van der Waals surface area contributed by atoms with Crippen LogP contribution >= 0.6 is 11.3 Å². The highest BCUT2D eigenvalue weighted by molar-refractivity contribution is 7.09. The van der Waals surface area contributed by atoms with Crippen molar-refractivity contribution < 1.29 is 4.79 Å². The summed E-state index contributed by atoms with van der Waals surface area (Å²) < 4.78 is 0. The van der Waals surface area contributed by atoms with Gasteiger partial charge in [0, 0.05) is 24.5 Å². The molecule has 0 spiro atoms. The molecule has 4 nitrogen and oxygen atoms in total. The molecule has 2 heterocycles. The van der Waals surface area contributed by atoms with Gasteiger partial charge in [0.1, 0.15) is 0 Å². The number of likely N-dealkylation sites (tertiary alicyclic amines) is 1. The first-order valence-corrected chi connectivity index (χ1v) is 8.83. The topological polar surface area (TPSA) is 45.2 Å². The number of piperidine rings is 1. The number of carbonyl (C=O) groups is 1. The number of aromatic nitrogens is 1. The Bertz CT molecular complexity index is 464. The Morgan fingerprint density at radius 1 is 1.48 bits per heavy atom. The van der Waals surface area contributed by atoms with E-state index < -0.39 is 0 Å². The molecule has 3 atom stereocenters. The molecular weight excluding hydrogens is 282 g/mol. The van der Waals surface area contributed by atoms with Crippen LogP contribution in [0.2, 0.25) is 0 Å². The van der Waals surface area contributed by atoms with E-state index in [0.29, 0.717) is 18.4 Å². The number of rotatable bonds is 5. The van der Waals surface area contributed by atoms with E-state index in [1.807, 2.05) is 4.90 Å². The number of nitrogens with one attached hydrogen (secondary N) is 1. The minimum Gasteiger partial charge on any atom is -0.341 e. The molecule has 118 valence electrons. The predicted molar refractivity (Wildman–Crippen MR) is 87.4 cm³/mol. The summed E-state index contributed by atoms with van der Waals surface area (Å²) in [5.74, 6) is 1.44. The molecule has 5 heteroatoms. The number of nitrogens with zero attached hydrogens (tertiary/aromatic N) is 2. The van der Waals surface area contributed by atoms with Crippen LogP contribution in [0.25, 0.3) is 0 Å². The van der Waals surface area contributed by atoms with Crippen molar-refractivity contribution in [2.24, 2.45) is 11.8 Å². The van der Waals surface area contributed by atoms with Crippen LogP contribution in [0.4, 0.5) is 0 Å². The Morgan fingerprint density at radius 2 is 2.14 bits per heavy atom. The molecule has 1 aromatic rings. The first-order valence-electron chi connectivity index (χ1n) is 7.95. The molecule has 1 saturated heterocycles. The van der Waals surface area contributed by atoms with Gasteiger partial charge in [0.15, 0.2) is 0 Å². The first-order chi connectivity index (χ1) is 9.99. The zero-order valence-electron chi connectivity index (χ0n) is 13.6. The van der Waals surface area contributed by atoms with Crippen molar-refractivity contribution in [1.29, 1.82) is 0 Å². The van der Waals surface area contributed by atoms with Crippen LogP contribution in [-0.4, -0.2) is 35.4 Å². The normalized spacial score (nSPS) is 24.1. The maximum absolute atomic E-state index is 12.3. The van der Waals surface area contributed by atoms with E-state index in [4.69, 9.17) is 0 Å². The van der Waals surface area contributed by atoms with Gasteiger partial charge >= 0.3 is 0 Å². The van der Waals surface area contributed by atoms with Gasteiger partial charge in [-0.2, -0.15) is 0 Å². The third kappa shape index (κ3) is 4.51. The lowest BCUT2D eigenvalue weighted by atomic mass is 9.92. The van der Waals surface area contributed by atoms with Crippen molar-refractivity contribution in [3.63, 3.8) is 0 Å². The van der Waals surface area contributed by atoms with Gasteiger partial charge in [-0.15, -0.1) is 11.3 Å². The quantitative estimate of drug-likeness (QED) is 0.909. The van der Waals surface area contributed by atoms with Gasteiger partial charge in [0.2, 0.25) is 5.91 Å². The molecule has 0 unspecified atom stereocenters. The number of carbonyl (C=O) groups excluding carboxylic acids is 1. The number of thiazole rings is 1.